The summed E-state index contributed by atoms with van der Waals surface area (Å²) >= 11 is 7.44. The Morgan fingerprint density at radius 3 is 3.00 bits per heavy atom. The largest absolute Gasteiger partial charge is 0.343 e. The zero-order valence-electron chi connectivity index (χ0n) is 9.11. The number of nitrogens with zero attached hydrogens (tertiary/aromatic N) is 3. The number of anilines is 1. The van der Waals surface area contributed by atoms with Crippen molar-refractivity contribution in [2.75, 3.05) is 17.3 Å². The Morgan fingerprint density at radius 2 is 2.40 bits per heavy atom. The molecule has 2 heterocycles. The van der Waals surface area contributed by atoms with Gasteiger partial charge in [-0.25, -0.2) is 4.98 Å². The van der Waals surface area contributed by atoms with Gasteiger partial charge >= 0.3 is 0 Å². The van der Waals surface area contributed by atoms with Gasteiger partial charge in [0.1, 0.15) is 5.82 Å². The number of hydrogen-bond acceptors (Lipinski definition) is 4. The zero-order valence-corrected chi connectivity index (χ0v) is 10.7. The van der Waals surface area contributed by atoms with Crippen molar-refractivity contribution in [3.63, 3.8) is 0 Å². The van der Waals surface area contributed by atoms with E-state index in [1.54, 1.807) is 0 Å². The lowest BCUT2D eigenvalue weighted by molar-refractivity contribution is 0.732. The van der Waals surface area contributed by atoms with Gasteiger partial charge in [0.15, 0.2) is 0 Å². The Balaban J connectivity index is 2.14. The summed E-state index contributed by atoms with van der Waals surface area (Å²) in [7, 11) is 0. The van der Waals surface area contributed by atoms with E-state index in [2.05, 4.69) is 28.1 Å². The third-order valence-electron chi connectivity index (χ3n) is 2.75. The molecule has 0 aliphatic carbocycles. The molecule has 1 unspecified atom stereocenters. The van der Waals surface area contributed by atoms with Crippen molar-refractivity contribution in [1.82, 2.24) is 9.36 Å². The van der Waals surface area contributed by atoms with Crippen LogP contribution in [0, 0.1) is 0 Å². The Bertz CT molecular complexity index is 326. The fourth-order valence-electron chi connectivity index (χ4n) is 1.83. The van der Waals surface area contributed by atoms with E-state index in [1.165, 1.54) is 24.4 Å². The average molecular weight is 246 g/mol. The Kier molecular flexibility index (Phi) is 3.46. The molecule has 2 rings (SSSR count). The summed E-state index contributed by atoms with van der Waals surface area (Å²) in [4.78, 5) is 6.87. The Hall–Kier alpha value is -0.350. The van der Waals surface area contributed by atoms with Crippen LogP contribution < -0.4 is 4.90 Å². The molecule has 0 amide bonds. The van der Waals surface area contributed by atoms with Crippen LogP contribution in [0.2, 0.25) is 0 Å². The molecule has 1 atom stereocenters. The standard InChI is InChI=1S/C10H16ClN3S/c1-7(2)9-12-10(15-13-9)14-5-3-4-8(14)6-11/h7-8H,3-6H2,1-2H3. The molecule has 0 bridgehead atoms. The molecular weight excluding hydrogens is 230 g/mol. The summed E-state index contributed by atoms with van der Waals surface area (Å²) in [5.41, 5.74) is 0. The average Bonchev–Trinajstić information content (AvgIpc) is 2.85. The van der Waals surface area contributed by atoms with Gasteiger partial charge in [0.25, 0.3) is 0 Å². The highest BCUT2D eigenvalue weighted by molar-refractivity contribution is 7.09. The maximum absolute atomic E-state index is 5.94. The van der Waals surface area contributed by atoms with Gasteiger partial charge in [0.2, 0.25) is 5.13 Å². The SMILES string of the molecule is CC(C)c1nsc(N2CCCC2CCl)n1. The number of rotatable bonds is 3. The monoisotopic (exact) mass is 245 g/mol. The van der Waals surface area contributed by atoms with Gasteiger partial charge in [-0.2, -0.15) is 4.37 Å². The first-order valence-electron chi connectivity index (χ1n) is 5.38. The van der Waals surface area contributed by atoms with Crippen LogP contribution in [0.1, 0.15) is 38.4 Å². The van der Waals surface area contributed by atoms with Crippen LogP contribution in [0.15, 0.2) is 0 Å². The third kappa shape index (κ3) is 2.26. The number of halogens is 1. The van der Waals surface area contributed by atoms with Gasteiger partial charge in [0, 0.05) is 35.9 Å². The van der Waals surface area contributed by atoms with Crippen LogP contribution >= 0.6 is 23.1 Å². The number of aromatic nitrogens is 2. The summed E-state index contributed by atoms with van der Waals surface area (Å²) in [6.45, 7) is 5.31. The zero-order chi connectivity index (χ0) is 10.8. The summed E-state index contributed by atoms with van der Waals surface area (Å²) in [6, 6.07) is 0.458. The lowest BCUT2D eigenvalue weighted by Gasteiger charge is -2.21. The van der Waals surface area contributed by atoms with Gasteiger partial charge in [-0.1, -0.05) is 13.8 Å². The molecule has 0 spiro atoms. The molecule has 5 heteroatoms. The molecule has 84 valence electrons. The molecule has 0 saturated carbocycles. The molecule has 1 aliphatic heterocycles. The minimum Gasteiger partial charge on any atom is -0.343 e. The van der Waals surface area contributed by atoms with E-state index < -0.39 is 0 Å². The molecule has 1 aliphatic rings. The summed E-state index contributed by atoms with van der Waals surface area (Å²) < 4.78 is 4.37. The molecule has 3 nitrogen and oxygen atoms in total. The Labute approximate surface area is 99.6 Å². The van der Waals surface area contributed by atoms with Crippen molar-refractivity contribution in [3.05, 3.63) is 5.82 Å². The van der Waals surface area contributed by atoms with Gasteiger partial charge in [0.05, 0.1) is 0 Å². The Morgan fingerprint density at radius 1 is 1.60 bits per heavy atom. The normalized spacial score (nSPS) is 21.6. The molecule has 1 saturated heterocycles. The first kappa shape index (κ1) is 11.1. The molecule has 1 aromatic heterocycles. The minimum absolute atomic E-state index is 0.409. The number of alkyl halides is 1. The second-order valence-electron chi connectivity index (χ2n) is 4.23. The lowest BCUT2D eigenvalue weighted by Crippen LogP contribution is -2.30. The van der Waals surface area contributed by atoms with Gasteiger partial charge in [-0.05, 0) is 12.8 Å². The molecule has 1 aromatic rings. The van der Waals surface area contributed by atoms with Crippen molar-refractivity contribution in [2.45, 2.75) is 38.6 Å². The summed E-state index contributed by atoms with van der Waals surface area (Å²) in [5.74, 6) is 2.05. The predicted octanol–water partition coefficient (Wildman–Crippen LogP) is 2.87. The highest BCUT2D eigenvalue weighted by Gasteiger charge is 2.26. The van der Waals surface area contributed by atoms with Crippen LogP contribution in [0.3, 0.4) is 0 Å². The van der Waals surface area contributed by atoms with Gasteiger partial charge in [-0.3, -0.25) is 0 Å². The first-order chi connectivity index (χ1) is 7.22. The van der Waals surface area contributed by atoms with Crippen LogP contribution in [-0.2, 0) is 0 Å². The highest BCUT2D eigenvalue weighted by Crippen LogP contribution is 2.28. The van der Waals surface area contributed by atoms with E-state index in [-0.39, 0.29) is 0 Å². The van der Waals surface area contributed by atoms with E-state index in [1.807, 2.05) is 0 Å². The minimum atomic E-state index is 0.409. The van der Waals surface area contributed by atoms with Crippen LogP contribution in [-0.4, -0.2) is 27.8 Å². The van der Waals surface area contributed by atoms with Crippen molar-refractivity contribution >= 4 is 28.3 Å². The predicted molar refractivity (Wildman–Crippen MR) is 65.1 cm³/mol. The molecule has 0 aromatic carbocycles. The lowest BCUT2D eigenvalue weighted by atomic mass is 10.2. The molecule has 15 heavy (non-hydrogen) atoms. The quantitative estimate of drug-likeness (QED) is 0.767. The van der Waals surface area contributed by atoms with Crippen LogP contribution in [0.25, 0.3) is 0 Å². The second kappa shape index (κ2) is 4.66. The van der Waals surface area contributed by atoms with Gasteiger partial charge in [-0.15, -0.1) is 11.6 Å². The van der Waals surface area contributed by atoms with Gasteiger partial charge < -0.3 is 4.90 Å². The maximum Gasteiger partial charge on any atom is 0.205 e. The fraction of sp³-hybridized carbons (Fsp3) is 0.800. The molecule has 0 radical (unpaired) electrons. The van der Waals surface area contributed by atoms with Crippen molar-refractivity contribution in [3.8, 4) is 0 Å². The fourth-order valence-corrected chi connectivity index (χ4v) is 3.05. The molecular formula is C10H16ClN3S. The summed E-state index contributed by atoms with van der Waals surface area (Å²) in [6.07, 6.45) is 2.40. The molecule has 0 N–H and O–H groups in total. The van der Waals surface area contributed by atoms with Crippen molar-refractivity contribution in [2.24, 2.45) is 0 Å². The smallest absolute Gasteiger partial charge is 0.205 e. The third-order valence-corrected chi connectivity index (χ3v) is 3.87. The molecule has 1 fully saturated rings. The van der Waals surface area contributed by atoms with E-state index in [4.69, 9.17) is 11.6 Å². The van der Waals surface area contributed by atoms with E-state index in [0.717, 1.165) is 17.5 Å². The van der Waals surface area contributed by atoms with Crippen molar-refractivity contribution < 1.29 is 0 Å². The first-order valence-corrected chi connectivity index (χ1v) is 6.69. The van der Waals surface area contributed by atoms with Crippen LogP contribution in [0.4, 0.5) is 5.13 Å². The van der Waals surface area contributed by atoms with Crippen LogP contribution in [0.5, 0.6) is 0 Å². The highest BCUT2D eigenvalue weighted by atomic mass is 35.5. The topological polar surface area (TPSA) is 29.0 Å². The van der Waals surface area contributed by atoms with E-state index in [9.17, 15) is 0 Å². The maximum atomic E-state index is 5.94. The summed E-state index contributed by atoms with van der Waals surface area (Å²) in [5, 5.41) is 1.04. The van der Waals surface area contributed by atoms with E-state index in [0.29, 0.717) is 17.8 Å². The second-order valence-corrected chi connectivity index (χ2v) is 5.27. The van der Waals surface area contributed by atoms with E-state index >= 15 is 0 Å². The number of hydrogen-bond donors (Lipinski definition) is 0. The van der Waals surface area contributed by atoms with Crippen molar-refractivity contribution in [1.29, 1.82) is 0 Å².